The molecule has 27 heavy (non-hydrogen) atoms. The molecule has 0 saturated heterocycles. The third kappa shape index (κ3) is 4.25. The van der Waals surface area contributed by atoms with E-state index in [-0.39, 0.29) is 0 Å². The quantitative estimate of drug-likeness (QED) is 0.353. The molecule has 5 nitrogen and oxygen atoms in total. The molecule has 1 saturated carbocycles. The van der Waals surface area contributed by atoms with Crippen molar-refractivity contribution < 1.29 is 4.79 Å². The van der Waals surface area contributed by atoms with Crippen LogP contribution >= 0.6 is 11.6 Å². The monoisotopic (exact) mass is 384 g/mol. The number of nitrogens with one attached hydrogen (secondary N) is 4. The van der Waals surface area contributed by atoms with E-state index in [1.165, 1.54) is 0 Å². The summed E-state index contributed by atoms with van der Waals surface area (Å²) < 4.78 is 0. The van der Waals surface area contributed by atoms with E-state index in [4.69, 9.17) is 17.0 Å². The fourth-order valence-corrected chi connectivity index (χ4v) is 3.42. The highest BCUT2D eigenvalue weighted by Gasteiger charge is 2.28. The smallest absolute Gasteiger partial charge is 0.211 e. The Morgan fingerprint density at radius 3 is 2.67 bits per heavy atom. The van der Waals surface area contributed by atoms with Gasteiger partial charge in [0.2, 0.25) is 6.41 Å². The van der Waals surface area contributed by atoms with Crippen LogP contribution in [0.4, 0.5) is 17.1 Å². The second-order valence-electron chi connectivity index (χ2n) is 6.76. The molecule has 1 aliphatic carbocycles. The molecule has 0 aromatic heterocycles. The van der Waals surface area contributed by atoms with E-state index in [0.29, 0.717) is 28.7 Å². The number of halogens is 1. The summed E-state index contributed by atoms with van der Waals surface area (Å²) in [4.78, 5) is 11.0. The Morgan fingerprint density at radius 2 is 2.04 bits per heavy atom. The van der Waals surface area contributed by atoms with E-state index < -0.39 is 0 Å². The molecule has 0 atom stereocenters. The molecular weight excluding hydrogens is 360 g/mol. The molecule has 0 heterocycles. The molecule has 1 amide bonds. The van der Waals surface area contributed by atoms with Gasteiger partial charge in [-0.15, -0.1) is 0 Å². The highest BCUT2D eigenvalue weighted by molar-refractivity contribution is 6.31. The summed E-state index contributed by atoms with van der Waals surface area (Å²) in [7, 11) is 1.87. The minimum absolute atomic E-state index is 0.358. The van der Waals surface area contributed by atoms with Gasteiger partial charge >= 0.3 is 0 Å². The molecular formula is C21H25ClN4O. The van der Waals surface area contributed by atoms with Gasteiger partial charge < -0.3 is 21.4 Å². The van der Waals surface area contributed by atoms with Crippen molar-refractivity contribution >= 4 is 40.8 Å². The minimum Gasteiger partial charge on any atom is -0.388 e. The number of anilines is 3. The number of rotatable bonds is 9. The first-order valence-corrected chi connectivity index (χ1v) is 9.65. The molecule has 2 aromatic rings. The lowest BCUT2D eigenvalue weighted by atomic mass is 9.96. The zero-order chi connectivity index (χ0) is 19.4. The van der Waals surface area contributed by atoms with Crippen LogP contribution in [0.1, 0.15) is 31.7 Å². The fraction of sp³-hybridized carbons (Fsp3) is 0.333. The van der Waals surface area contributed by atoms with Crippen molar-refractivity contribution in [3.8, 4) is 11.1 Å². The Hall–Kier alpha value is -2.53. The first-order chi connectivity index (χ1) is 13.1. The Kier molecular flexibility index (Phi) is 6.01. The van der Waals surface area contributed by atoms with Gasteiger partial charge in [-0.05, 0) is 49.1 Å². The number of amides is 1. The van der Waals surface area contributed by atoms with Gasteiger partial charge in [-0.25, -0.2) is 0 Å². The van der Waals surface area contributed by atoms with Crippen molar-refractivity contribution in [2.45, 2.75) is 26.2 Å². The molecule has 0 bridgehead atoms. The van der Waals surface area contributed by atoms with Crippen molar-refractivity contribution in [2.75, 3.05) is 29.5 Å². The van der Waals surface area contributed by atoms with Crippen molar-refractivity contribution in [1.82, 2.24) is 0 Å². The normalized spacial score (nSPS) is 13.1. The van der Waals surface area contributed by atoms with Crippen LogP contribution in [-0.4, -0.2) is 25.7 Å². The minimum atomic E-state index is 0.358. The van der Waals surface area contributed by atoms with Crippen molar-refractivity contribution in [3.63, 3.8) is 0 Å². The summed E-state index contributed by atoms with van der Waals surface area (Å²) in [6.45, 7) is 2.87. The summed E-state index contributed by atoms with van der Waals surface area (Å²) in [5.74, 6) is 0.358. The molecule has 6 heteroatoms. The van der Waals surface area contributed by atoms with E-state index in [9.17, 15) is 4.79 Å². The highest BCUT2D eigenvalue weighted by Crippen LogP contribution is 2.40. The van der Waals surface area contributed by atoms with Gasteiger partial charge in [0, 0.05) is 47.1 Å². The lowest BCUT2D eigenvalue weighted by molar-refractivity contribution is -0.105. The predicted molar refractivity (Wildman–Crippen MR) is 114 cm³/mol. The van der Waals surface area contributed by atoms with Gasteiger partial charge in [-0.3, -0.25) is 4.79 Å². The van der Waals surface area contributed by atoms with Crippen LogP contribution in [0.3, 0.4) is 0 Å². The summed E-state index contributed by atoms with van der Waals surface area (Å²) in [6.07, 6.45) is 3.78. The molecule has 2 aromatic carbocycles. The topological polar surface area (TPSA) is 77.0 Å². The molecule has 3 rings (SSSR count). The third-order valence-corrected chi connectivity index (χ3v) is 4.96. The van der Waals surface area contributed by atoms with Crippen molar-refractivity contribution in [2.24, 2.45) is 5.92 Å². The van der Waals surface area contributed by atoms with Gasteiger partial charge in [0.15, 0.2) is 0 Å². The zero-order valence-electron chi connectivity index (χ0n) is 15.7. The third-order valence-electron chi connectivity index (χ3n) is 4.75. The molecule has 1 fully saturated rings. The fourth-order valence-electron chi connectivity index (χ4n) is 3.20. The molecule has 0 aliphatic heterocycles. The Bertz CT molecular complexity index is 862. The first kappa shape index (κ1) is 19.2. The number of benzene rings is 2. The Labute approximate surface area is 165 Å². The van der Waals surface area contributed by atoms with Crippen LogP contribution in [0, 0.1) is 11.3 Å². The van der Waals surface area contributed by atoms with E-state index in [2.05, 4.69) is 22.9 Å². The average Bonchev–Trinajstić information content (AvgIpc) is 3.51. The van der Waals surface area contributed by atoms with Crippen molar-refractivity contribution in [3.05, 3.63) is 40.9 Å². The molecule has 142 valence electrons. The second kappa shape index (κ2) is 8.44. The second-order valence-corrected chi connectivity index (χ2v) is 7.20. The summed E-state index contributed by atoms with van der Waals surface area (Å²) in [5, 5.41) is 18.4. The van der Waals surface area contributed by atoms with Crippen LogP contribution in [0.5, 0.6) is 0 Å². The van der Waals surface area contributed by atoms with Crippen LogP contribution < -0.4 is 16.0 Å². The van der Waals surface area contributed by atoms with Crippen LogP contribution in [0.15, 0.2) is 30.3 Å². The standard InChI is InChI=1S/C21H25ClN4O/c1-3-8-25-21-16(10-15(22)11-19(21)26-12-27)14-6-7-18(24-2)17(9-14)20(23)13-4-5-13/h6-7,9-13,23-25H,3-5,8H2,1-2H3,(H,26,27). The maximum Gasteiger partial charge on any atom is 0.211 e. The van der Waals surface area contributed by atoms with E-state index in [1.54, 1.807) is 6.07 Å². The summed E-state index contributed by atoms with van der Waals surface area (Å²) >= 11 is 6.32. The first-order valence-electron chi connectivity index (χ1n) is 9.27. The van der Waals surface area contributed by atoms with Crippen LogP contribution in [-0.2, 0) is 4.79 Å². The lowest BCUT2D eigenvalue weighted by Crippen LogP contribution is -2.08. The number of hydrogen-bond donors (Lipinski definition) is 4. The SMILES string of the molecule is CCCNc1c(NC=O)cc(Cl)cc1-c1ccc(NC)c(C(=N)C2CC2)c1. The molecule has 0 unspecified atom stereocenters. The van der Waals surface area contributed by atoms with E-state index >= 15 is 0 Å². The molecule has 0 spiro atoms. The Balaban J connectivity index is 2.12. The number of hydrogen-bond acceptors (Lipinski definition) is 4. The number of carbonyl (C=O) groups is 1. The maximum atomic E-state index is 11.0. The summed E-state index contributed by atoms with van der Waals surface area (Å²) in [6, 6.07) is 9.70. The lowest BCUT2D eigenvalue weighted by Gasteiger charge is -2.18. The number of carbonyl (C=O) groups excluding carboxylic acids is 1. The van der Waals surface area contributed by atoms with Gasteiger partial charge in [0.1, 0.15) is 0 Å². The molecule has 4 N–H and O–H groups in total. The van der Waals surface area contributed by atoms with E-state index in [1.807, 2.05) is 31.3 Å². The largest absolute Gasteiger partial charge is 0.388 e. The zero-order valence-corrected chi connectivity index (χ0v) is 16.4. The summed E-state index contributed by atoms with van der Waals surface area (Å²) in [5.41, 5.74) is 5.91. The van der Waals surface area contributed by atoms with Gasteiger partial charge in [-0.2, -0.15) is 0 Å². The van der Waals surface area contributed by atoms with E-state index in [0.717, 1.165) is 53.9 Å². The molecule has 1 aliphatic rings. The average molecular weight is 385 g/mol. The Morgan fingerprint density at radius 1 is 1.26 bits per heavy atom. The van der Waals surface area contributed by atoms with Gasteiger partial charge in [0.05, 0.1) is 11.4 Å². The van der Waals surface area contributed by atoms with Gasteiger partial charge in [0.25, 0.3) is 0 Å². The highest BCUT2D eigenvalue weighted by atomic mass is 35.5. The molecule has 0 radical (unpaired) electrons. The maximum absolute atomic E-state index is 11.0. The van der Waals surface area contributed by atoms with Crippen LogP contribution in [0.2, 0.25) is 5.02 Å². The van der Waals surface area contributed by atoms with Gasteiger partial charge in [-0.1, -0.05) is 24.6 Å². The van der Waals surface area contributed by atoms with Crippen LogP contribution in [0.25, 0.3) is 11.1 Å². The predicted octanol–water partition coefficient (Wildman–Crippen LogP) is 5.22. The van der Waals surface area contributed by atoms with Crippen molar-refractivity contribution in [1.29, 1.82) is 5.41 Å².